The molecule has 9 heteroatoms. The third-order valence-electron chi connectivity index (χ3n) is 4.79. The highest BCUT2D eigenvalue weighted by molar-refractivity contribution is 6.34. The Bertz CT molecular complexity index is 1350. The van der Waals surface area contributed by atoms with Crippen molar-refractivity contribution in [3.05, 3.63) is 98.8 Å². The average molecular weight is 450 g/mol. The van der Waals surface area contributed by atoms with Crippen LogP contribution in [-0.4, -0.2) is 16.7 Å². The van der Waals surface area contributed by atoms with Gasteiger partial charge in [-0.05, 0) is 48.9 Å². The normalized spacial score (nSPS) is 10.7. The first-order chi connectivity index (χ1) is 15.3. The van der Waals surface area contributed by atoms with Gasteiger partial charge >= 0.3 is 0 Å². The Morgan fingerprint density at radius 3 is 2.47 bits per heavy atom. The largest absolute Gasteiger partial charge is 0.451 e. The van der Waals surface area contributed by atoms with Crippen molar-refractivity contribution in [2.24, 2.45) is 0 Å². The maximum Gasteiger partial charge on any atom is 0.291 e. The maximum atomic E-state index is 12.6. The minimum atomic E-state index is -0.600. The molecule has 2 amide bonds. The number of anilines is 2. The van der Waals surface area contributed by atoms with Crippen LogP contribution >= 0.6 is 11.6 Å². The van der Waals surface area contributed by atoms with Gasteiger partial charge in [0.05, 0.1) is 15.5 Å². The van der Waals surface area contributed by atoms with Crippen molar-refractivity contribution in [1.29, 1.82) is 0 Å². The summed E-state index contributed by atoms with van der Waals surface area (Å²) in [7, 11) is 0. The number of hydrogen-bond donors (Lipinski definition) is 2. The van der Waals surface area contributed by atoms with Gasteiger partial charge in [0.2, 0.25) is 0 Å². The van der Waals surface area contributed by atoms with Crippen LogP contribution < -0.4 is 10.6 Å². The summed E-state index contributed by atoms with van der Waals surface area (Å²) in [6.07, 6.45) is 0. The molecule has 3 aromatic carbocycles. The summed E-state index contributed by atoms with van der Waals surface area (Å²) in [6, 6.07) is 17.5. The van der Waals surface area contributed by atoms with Gasteiger partial charge in [-0.3, -0.25) is 19.7 Å². The number of non-ortho nitro benzene ring substituents is 1. The number of furan rings is 1. The second-order valence-corrected chi connectivity index (χ2v) is 7.41. The standard InChI is InChI=1S/C23H16ClN3O5/c1-13-10-15(25-22(28)17-12-16(27(30)31)7-8-18(17)24)6-9-19(13)26-23(29)21-11-14-4-2-3-5-20(14)32-21/h2-12H,1H3,(H,25,28)(H,26,29). The van der Waals surface area contributed by atoms with E-state index < -0.39 is 16.7 Å². The Balaban J connectivity index is 1.49. The van der Waals surface area contributed by atoms with Gasteiger partial charge < -0.3 is 15.1 Å². The number of benzene rings is 3. The van der Waals surface area contributed by atoms with Crippen LogP contribution in [0.2, 0.25) is 5.02 Å². The van der Waals surface area contributed by atoms with Crippen molar-refractivity contribution in [2.75, 3.05) is 10.6 Å². The predicted molar refractivity (Wildman–Crippen MR) is 121 cm³/mol. The molecule has 0 unspecified atom stereocenters. The summed E-state index contributed by atoms with van der Waals surface area (Å²) in [5, 5.41) is 17.3. The van der Waals surface area contributed by atoms with Crippen molar-refractivity contribution in [1.82, 2.24) is 0 Å². The molecule has 0 radical (unpaired) electrons. The van der Waals surface area contributed by atoms with Gasteiger partial charge in [-0.25, -0.2) is 0 Å². The van der Waals surface area contributed by atoms with Crippen molar-refractivity contribution in [3.63, 3.8) is 0 Å². The Morgan fingerprint density at radius 1 is 0.969 bits per heavy atom. The summed E-state index contributed by atoms with van der Waals surface area (Å²) >= 11 is 6.02. The highest BCUT2D eigenvalue weighted by Crippen LogP contribution is 2.26. The lowest BCUT2D eigenvalue weighted by Gasteiger charge is -2.11. The van der Waals surface area contributed by atoms with Crippen LogP contribution in [0.3, 0.4) is 0 Å². The molecule has 8 nitrogen and oxygen atoms in total. The highest BCUT2D eigenvalue weighted by atomic mass is 35.5. The quantitative estimate of drug-likeness (QED) is 0.295. The molecule has 0 saturated heterocycles. The molecule has 0 atom stereocenters. The van der Waals surface area contributed by atoms with Crippen molar-refractivity contribution in [3.8, 4) is 0 Å². The molecule has 0 aliphatic rings. The SMILES string of the molecule is Cc1cc(NC(=O)c2cc([N+](=O)[O-])ccc2Cl)ccc1NC(=O)c1cc2ccccc2o1. The molecule has 4 rings (SSSR count). The van der Waals surface area contributed by atoms with E-state index in [2.05, 4.69) is 10.6 Å². The van der Waals surface area contributed by atoms with E-state index in [9.17, 15) is 19.7 Å². The molecule has 2 N–H and O–H groups in total. The molecule has 0 fully saturated rings. The van der Waals surface area contributed by atoms with E-state index in [4.69, 9.17) is 16.0 Å². The van der Waals surface area contributed by atoms with E-state index in [1.54, 1.807) is 37.3 Å². The molecule has 0 aliphatic carbocycles. The van der Waals surface area contributed by atoms with E-state index in [1.807, 2.05) is 18.2 Å². The molecule has 0 aliphatic heterocycles. The Labute approximate surface area is 186 Å². The highest BCUT2D eigenvalue weighted by Gasteiger charge is 2.17. The average Bonchev–Trinajstić information content (AvgIpc) is 3.20. The van der Waals surface area contributed by atoms with Crippen LogP contribution in [0, 0.1) is 17.0 Å². The van der Waals surface area contributed by atoms with E-state index >= 15 is 0 Å². The van der Waals surface area contributed by atoms with Crippen LogP contribution in [0.15, 0.2) is 71.1 Å². The second kappa shape index (κ2) is 8.52. The molecule has 0 spiro atoms. The van der Waals surface area contributed by atoms with Crippen molar-refractivity contribution >= 4 is 51.4 Å². The fraction of sp³-hybridized carbons (Fsp3) is 0.0435. The minimum absolute atomic E-state index is 0.0132. The summed E-state index contributed by atoms with van der Waals surface area (Å²) in [6.45, 7) is 1.77. The third kappa shape index (κ3) is 4.30. The first-order valence-electron chi connectivity index (χ1n) is 9.48. The van der Waals surface area contributed by atoms with Gasteiger partial charge in [-0.2, -0.15) is 0 Å². The minimum Gasteiger partial charge on any atom is -0.451 e. The Hall–Kier alpha value is -4.17. The van der Waals surface area contributed by atoms with Gasteiger partial charge in [-0.1, -0.05) is 29.8 Å². The molecule has 4 aromatic rings. The van der Waals surface area contributed by atoms with Gasteiger partial charge in [0.25, 0.3) is 17.5 Å². The van der Waals surface area contributed by atoms with E-state index in [0.717, 1.165) is 11.5 Å². The monoisotopic (exact) mass is 449 g/mol. The molecule has 32 heavy (non-hydrogen) atoms. The van der Waals surface area contributed by atoms with E-state index in [0.29, 0.717) is 22.5 Å². The second-order valence-electron chi connectivity index (χ2n) is 7.01. The molecule has 1 heterocycles. The van der Waals surface area contributed by atoms with Gasteiger partial charge in [0.1, 0.15) is 5.58 Å². The first kappa shape index (κ1) is 21.1. The topological polar surface area (TPSA) is 114 Å². The van der Waals surface area contributed by atoms with Gasteiger partial charge in [0.15, 0.2) is 5.76 Å². The molecule has 1 aromatic heterocycles. The van der Waals surface area contributed by atoms with Crippen molar-refractivity contribution in [2.45, 2.75) is 6.92 Å². The Kier molecular flexibility index (Phi) is 5.61. The van der Waals surface area contributed by atoms with Gasteiger partial charge in [-0.15, -0.1) is 0 Å². The number of fused-ring (bicyclic) bond motifs is 1. The number of para-hydroxylation sites is 1. The fourth-order valence-electron chi connectivity index (χ4n) is 3.16. The van der Waals surface area contributed by atoms with E-state index in [-0.39, 0.29) is 22.0 Å². The zero-order chi connectivity index (χ0) is 22.8. The zero-order valence-corrected chi connectivity index (χ0v) is 17.5. The third-order valence-corrected chi connectivity index (χ3v) is 5.12. The number of nitrogens with zero attached hydrogens (tertiary/aromatic N) is 1. The Morgan fingerprint density at radius 2 is 1.75 bits per heavy atom. The number of nitro groups is 1. The van der Waals surface area contributed by atoms with Gasteiger partial charge in [0, 0.05) is 28.9 Å². The summed E-state index contributed by atoms with van der Waals surface area (Å²) < 4.78 is 5.58. The molecule has 0 bridgehead atoms. The summed E-state index contributed by atoms with van der Waals surface area (Å²) in [5.74, 6) is -0.801. The summed E-state index contributed by atoms with van der Waals surface area (Å²) in [5.41, 5.74) is 2.04. The number of rotatable bonds is 5. The number of nitro benzene ring substituents is 1. The number of amides is 2. The van der Waals surface area contributed by atoms with Crippen molar-refractivity contribution < 1.29 is 18.9 Å². The van der Waals surface area contributed by atoms with Crippen LogP contribution in [0.5, 0.6) is 0 Å². The summed E-state index contributed by atoms with van der Waals surface area (Å²) in [4.78, 5) is 35.5. The van der Waals surface area contributed by atoms with Crippen LogP contribution in [0.25, 0.3) is 11.0 Å². The number of hydrogen-bond acceptors (Lipinski definition) is 5. The first-order valence-corrected chi connectivity index (χ1v) is 9.85. The number of carbonyl (C=O) groups is 2. The maximum absolute atomic E-state index is 12.6. The predicted octanol–water partition coefficient (Wildman–Crippen LogP) is 5.81. The molecular formula is C23H16ClN3O5. The van der Waals surface area contributed by atoms with Crippen LogP contribution in [0.4, 0.5) is 17.1 Å². The lowest BCUT2D eigenvalue weighted by Crippen LogP contribution is -2.14. The number of nitrogens with one attached hydrogen (secondary N) is 2. The van der Waals surface area contributed by atoms with E-state index in [1.165, 1.54) is 12.1 Å². The zero-order valence-electron chi connectivity index (χ0n) is 16.7. The van der Waals surface area contributed by atoms with Crippen LogP contribution in [-0.2, 0) is 0 Å². The lowest BCUT2D eigenvalue weighted by atomic mass is 10.1. The molecule has 0 saturated carbocycles. The fourth-order valence-corrected chi connectivity index (χ4v) is 3.36. The number of halogens is 1. The number of carbonyl (C=O) groups excluding carboxylic acids is 2. The number of aryl methyl sites for hydroxylation is 1. The van der Waals surface area contributed by atoms with Crippen LogP contribution in [0.1, 0.15) is 26.5 Å². The smallest absolute Gasteiger partial charge is 0.291 e. The lowest BCUT2D eigenvalue weighted by molar-refractivity contribution is -0.384. The molecular weight excluding hydrogens is 434 g/mol. The molecule has 160 valence electrons.